The van der Waals surface area contributed by atoms with E-state index in [1.807, 2.05) is 0 Å². The minimum absolute atomic E-state index is 0.243. The van der Waals surface area contributed by atoms with Gasteiger partial charge < -0.3 is 10.1 Å². The fourth-order valence-corrected chi connectivity index (χ4v) is 1.01. The number of methoxy groups -OCH3 is 1. The lowest BCUT2D eigenvalue weighted by Gasteiger charge is -2.10. The number of anilines is 1. The lowest BCUT2D eigenvalue weighted by Crippen LogP contribution is -2.36. The van der Waals surface area contributed by atoms with Crippen LogP contribution in [0.25, 0.3) is 0 Å². The first-order valence-corrected chi connectivity index (χ1v) is 4.25. The van der Waals surface area contributed by atoms with Gasteiger partial charge in [0, 0.05) is 13.1 Å². The van der Waals surface area contributed by atoms with E-state index < -0.39 is 5.82 Å². The highest BCUT2D eigenvalue weighted by Crippen LogP contribution is 2.20. The maximum Gasteiger partial charge on any atom is 0.210 e. The van der Waals surface area contributed by atoms with Gasteiger partial charge in [-0.1, -0.05) is 0 Å². The molecule has 1 aromatic carbocycles. The molecule has 6 heteroatoms. The Labute approximate surface area is 87.1 Å². The van der Waals surface area contributed by atoms with Crippen molar-refractivity contribution in [3.63, 3.8) is 0 Å². The SMILES string of the molecule is CN=C(NN)Nc1cc(OC)ccc1F. The summed E-state index contributed by atoms with van der Waals surface area (Å²) in [4.78, 5) is 3.76. The summed E-state index contributed by atoms with van der Waals surface area (Å²) in [6.45, 7) is 0. The number of aliphatic imine (C=N–C) groups is 1. The zero-order chi connectivity index (χ0) is 11.3. The van der Waals surface area contributed by atoms with Crippen LogP contribution >= 0.6 is 0 Å². The summed E-state index contributed by atoms with van der Waals surface area (Å²) in [5.74, 6) is 5.56. The summed E-state index contributed by atoms with van der Waals surface area (Å²) in [5, 5.41) is 2.68. The Morgan fingerprint density at radius 2 is 2.27 bits per heavy atom. The number of hydrogen-bond donors (Lipinski definition) is 3. The van der Waals surface area contributed by atoms with Gasteiger partial charge >= 0.3 is 0 Å². The molecule has 0 heterocycles. The van der Waals surface area contributed by atoms with Crippen molar-refractivity contribution in [2.75, 3.05) is 19.5 Å². The summed E-state index contributed by atoms with van der Waals surface area (Å²) in [7, 11) is 3.04. The molecule has 0 aliphatic rings. The second-order valence-corrected chi connectivity index (χ2v) is 2.69. The van der Waals surface area contributed by atoms with Crippen LogP contribution in [-0.2, 0) is 0 Å². The number of nitrogens with one attached hydrogen (secondary N) is 2. The van der Waals surface area contributed by atoms with E-state index in [1.54, 1.807) is 0 Å². The lowest BCUT2D eigenvalue weighted by atomic mass is 10.3. The highest BCUT2D eigenvalue weighted by atomic mass is 19.1. The third kappa shape index (κ3) is 2.81. The van der Waals surface area contributed by atoms with Crippen LogP contribution in [0, 0.1) is 5.82 Å². The fraction of sp³-hybridized carbons (Fsp3) is 0.222. The van der Waals surface area contributed by atoms with Crippen molar-refractivity contribution >= 4 is 11.6 Å². The third-order valence-electron chi connectivity index (χ3n) is 1.79. The normalized spacial score (nSPS) is 11.1. The molecule has 0 unspecified atom stereocenters. The van der Waals surface area contributed by atoms with Crippen molar-refractivity contribution < 1.29 is 9.13 Å². The maximum absolute atomic E-state index is 13.3. The molecule has 0 saturated carbocycles. The van der Waals surface area contributed by atoms with Gasteiger partial charge in [0.05, 0.1) is 12.8 Å². The van der Waals surface area contributed by atoms with Gasteiger partial charge in [0.1, 0.15) is 11.6 Å². The van der Waals surface area contributed by atoms with Crippen LogP contribution < -0.4 is 21.3 Å². The molecule has 0 radical (unpaired) electrons. The van der Waals surface area contributed by atoms with Gasteiger partial charge in [0.25, 0.3) is 0 Å². The third-order valence-corrected chi connectivity index (χ3v) is 1.79. The molecule has 0 atom stereocenters. The van der Waals surface area contributed by atoms with E-state index in [-0.39, 0.29) is 11.6 Å². The van der Waals surface area contributed by atoms with Gasteiger partial charge in [-0.25, -0.2) is 10.2 Å². The molecule has 0 amide bonds. The molecule has 5 nitrogen and oxygen atoms in total. The van der Waals surface area contributed by atoms with Crippen LogP contribution in [0.1, 0.15) is 0 Å². The Morgan fingerprint density at radius 1 is 1.53 bits per heavy atom. The summed E-state index contributed by atoms with van der Waals surface area (Å²) in [6.07, 6.45) is 0. The van der Waals surface area contributed by atoms with Crippen molar-refractivity contribution in [1.29, 1.82) is 0 Å². The van der Waals surface area contributed by atoms with Crippen molar-refractivity contribution in [2.24, 2.45) is 10.8 Å². The van der Waals surface area contributed by atoms with Crippen molar-refractivity contribution in [3.8, 4) is 5.75 Å². The highest BCUT2D eigenvalue weighted by Gasteiger charge is 2.05. The Balaban J connectivity index is 2.92. The number of rotatable bonds is 2. The van der Waals surface area contributed by atoms with Crippen LogP contribution in [0.2, 0.25) is 0 Å². The number of benzene rings is 1. The van der Waals surface area contributed by atoms with Gasteiger partial charge in [-0.3, -0.25) is 10.4 Å². The van der Waals surface area contributed by atoms with E-state index in [9.17, 15) is 4.39 Å². The zero-order valence-electron chi connectivity index (χ0n) is 8.54. The second kappa shape index (κ2) is 5.16. The summed E-state index contributed by atoms with van der Waals surface area (Å²) in [5.41, 5.74) is 2.54. The molecular weight excluding hydrogens is 199 g/mol. The van der Waals surface area contributed by atoms with E-state index in [0.29, 0.717) is 5.75 Å². The van der Waals surface area contributed by atoms with E-state index in [0.717, 1.165) is 0 Å². The topological polar surface area (TPSA) is 71.7 Å². The van der Waals surface area contributed by atoms with E-state index >= 15 is 0 Å². The van der Waals surface area contributed by atoms with Gasteiger partial charge in [-0.2, -0.15) is 0 Å². The molecule has 0 saturated heterocycles. The molecule has 82 valence electrons. The van der Waals surface area contributed by atoms with Gasteiger partial charge in [0.2, 0.25) is 5.96 Å². The molecule has 15 heavy (non-hydrogen) atoms. The number of halogens is 1. The predicted octanol–water partition coefficient (Wildman–Crippen LogP) is 0.695. The molecule has 0 spiro atoms. The van der Waals surface area contributed by atoms with E-state index in [1.165, 1.54) is 32.4 Å². The monoisotopic (exact) mass is 212 g/mol. The van der Waals surface area contributed by atoms with Crippen molar-refractivity contribution in [3.05, 3.63) is 24.0 Å². The summed E-state index contributed by atoms with van der Waals surface area (Å²) >= 11 is 0. The first kappa shape index (κ1) is 11.3. The molecule has 0 bridgehead atoms. The number of guanidine groups is 1. The second-order valence-electron chi connectivity index (χ2n) is 2.69. The van der Waals surface area contributed by atoms with Gasteiger partial charge in [-0.05, 0) is 12.1 Å². The average molecular weight is 212 g/mol. The molecule has 0 fully saturated rings. The van der Waals surface area contributed by atoms with Crippen molar-refractivity contribution in [2.45, 2.75) is 0 Å². The Morgan fingerprint density at radius 3 is 2.80 bits per heavy atom. The highest BCUT2D eigenvalue weighted by molar-refractivity contribution is 5.93. The van der Waals surface area contributed by atoms with Crippen molar-refractivity contribution in [1.82, 2.24) is 5.43 Å². The first-order valence-electron chi connectivity index (χ1n) is 4.25. The summed E-state index contributed by atoms with van der Waals surface area (Å²) in [6, 6.07) is 4.34. The molecular formula is C9H13FN4O. The number of hydrazine groups is 1. The summed E-state index contributed by atoms with van der Waals surface area (Å²) < 4.78 is 18.3. The lowest BCUT2D eigenvalue weighted by molar-refractivity contribution is 0.414. The standard InChI is InChI=1S/C9H13FN4O/c1-12-9(14-11)13-8-5-6(15-2)3-4-7(8)10/h3-5H,11H2,1-2H3,(H2,12,13,14). The van der Waals surface area contributed by atoms with Crippen LogP contribution in [0.15, 0.2) is 23.2 Å². The van der Waals surface area contributed by atoms with E-state index in [4.69, 9.17) is 10.6 Å². The quantitative estimate of drug-likeness (QED) is 0.292. The smallest absolute Gasteiger partial charge is 0.210 e. The predicted molar refractivity (Wildman–Crippen MR) is 57.3 cm³/mol. The largest absolute Gasteiger partial charge is 0.497 e. The van der Waals surface area contributed by atoms with Crippen LogP contribution in [0.4, 0.5) is 10.1 Å². The van der Waals surface area contributed by atoms with Crippen LogP contribution in [0.5, 0.6) is 5.75 Å². The molecule has 4 N–H and O–H groups in total. The molecule has 0 aliphatic carbocycles. The molecule has 1 rings (SSSR count). The minimum Gasteiger partial charge on any atom is -0.497 e. The Kier molecular flexibility index (Phi) is 3.87. The zero-order valence-corrected chi connectivity index (χ0v) is 8.54. The first-order chi connectivity index (χ1) is 7.21. The average Bonchev–Trinajstić information content (AvgIpc) is 2.28. The number of hydrogen-bond acceptors (Lipinski definition) is 3. The maximum atomic E-state index is 13.3. The number of nitrogens with two attached hydrogens (primary N) is 1. The van der Waals surface area contributed by atoms with Crippen LogP contribution in [-0.4, -0.2) is 20.1 Å². The minimum atomic E-state index is -0.410. The Bertz CT molecular complexity index is 367. The molecule has 0 aromatic heterocycles. The molecule has 1 aromatic rings. The number of nitrogens with zero attached hydrogens (tertiary/aromatic N) is 1. The van der Waals surface area contributed by atoms with Crippen LogP contribution in [0.3, 0.4) is 0 Å². The molecule has 0 aliphatic heterocycles. The van der Waals surface area contributed by atoms with E-state index in [2.05, 4.69) is 15.7 Å². The number of ether oxygens (including phenoxy) is 1. The van der Waals surface area contributed by atoms with Gasteiger partial charge in [0.15, 0.2) is 0 Å². The van der Waals surface area contributed by atoms with Gasteiger partial charge in [-0.15, -0.1) is 0 Å². The fourth-order valence-electron chi connectivity index (χ4n) is 1.01. The Hall–Kier alpha value is -1.82.